The Morgan fingerprint density at radius 2 is 1.89 bits per heavy atom. The molecule has 0 fully saturated rings. The molecule has 19 heavy (non-hydrogen) atoms. The van der Waals surface area contributed by atoms with Crippen molar-refractivity contribution in [2.45, 2.75) is 59.6 Å². The summed E-state index contributed by atoms with van der Waals surface area (Å²) in [5.74, 6) is 1.25. The summed E-state index contributed by atoms with van der Waals surface area (Å²) >= 11 is 0. The molecule has 5 nitrogen and oxygen atoms in total. The van der Waals surface area contributed by atoms with Gasteiger partial charge in [-0.25, -0.2) is 0 Å². The molecule has 110 valence electrons. The highest BCUT2D eigenvalue weighted by molar-refractivity contribution is 4.99. The van der Waals surface area contributed by atoms with Crippen LogP contribution in [0, 0.1) is 5.41 Å². The van der Waals surface area contributed by atoms with E-state index in [0.717, 1.165) is 13.0 Å². The van der Waals surface area contributed by atoms with Crippen LogP contribution in [-0.4, -0.2) is 29.8 Å². The molecule has 0 aromatic carbocycles. The van der Waals surface area contributed by atoms with E-state index >= 15 is 0 Å². The van der Waals surface area contributed by atoms with Gasteiger partial charge < -0.3 is 14.6 Å². The molecular formula is C14H27N3O2. The monoisotopic (exact) mass is 269 g/mol. The third-order valence-corrected chi connectivity index (χ3v) is 3.39. The molecule has 5 heteroatoms. The fourth-order valence-corrected chi connectivity index (χ4v) is 1.78. The van der Waals surface area contributed by atoms with Gasteiger partial charge >= 0.3 is 0 Å². The maximum Gasteiger partial charge on any atom is 0.228 e. The smallest absolute Gasteiger partial charge is 0.228 e. The Kier molecular flexibility index (Phi) is 5.10. The van der Waals surface area contributed by atoms with Crippen LogP contribution in [0.2, 0.25) is 0 Å². The van der Waals surface area contributed by atoms with Crippen molar-refractivity contribution in [3.05, 3.63) is 11.7 Å². The van der Waals surface area contributed by atoms with Crippen molar-refractivity contribution in [3.8, 4) is 0 Å². The molecule has 1 atom stereocenters. The maximum atomic E-state index is 5.36. The highest BCUT2D eigenvalue weighted by Crippen LogP contribution is 2.24. The fraction of sp³-hybridized carbons (Fsp3) is 0.857. The molecule has 0 amide bonds. The molecule has 0 saturated carbocycles. The second-order valence-corrected chi connectivity index (χ2v) is 6.41. The average molecular weight is 269 g/mol. The molecule has 1 heterocycles. The van der Waals surface area contributed by atoms with Gasteiger partial charge in [-0.1, -0.05) is 32.9 Å². The minimum atomic E-state index is -0.517. The normalized spacial score (nSPS) is 14.7. The number of nitrogens with zero attached hydrogens (tertiary/aromatic N) is 2. The van der Waals surface area contributed by atoms with Crippen LogP contribution in [0.15, 0.2) is 4.52 Å². The number of rotatable bonds is 6. The standard InChI is InChI=1S/C14H27N3O2/c1-8-15-10(13(2,3)4)9-11-16-12(17-19-11)14(5,6)18-7/h10,15H,8-9H2,1-7H3. The van der Waals surface area contributed by atoms with Crippen LogP contribution < -0.4 is 5.32 Å². The highest BCUT2D eigenvalue weighted by Gasteiger charge is 2.29. The third-order valence-electron chi connectivity index (χ3n) is 3.39. The molecule has 0 spiro atoms. The van der Waals surface area contributed by atoms with Crippen molar-refractivity contribution in [1.82, 2.24) is 15.5 Å². The van der Waals surface area contributed by atoms with Crippen LogP contribution in [0.1, 0.15) is 53.3 Å². The van der Waals surface area contributed by atoms with Crippen LogP contribution in [-0.2, 0) is 16.8 Å². The van der Waals surface area contributed by atoms with Gasteiger partial charge in [-0.3, -0.25) is 0 Å². The first-order valence-corrected chi connectivity index (χ1v) is 6.82. The Hall–Kier alpha value is -0.940. The van der Waals surface area contributed by atoms with E-state index < -0.39 is 5.60 Å². The molecule has 1 N–H and O–H groups in total. The fourth-order valence-electron chi connectivity index (χ4n) is 1.78. The van der Waals surface area contributed by atoms with Crippen molar-refractivity contribution in [2.75, 3.05) is 13.7 Å². The van der Waals surface area contributed by atoms with E-state index in [0.29, 0.717) is 17.8 Å². The van der Waals surface area contributed by atoms with Gasteiger partial charge in [0.25, 0.3) is 0 Å². The van der Waals surface area contributed by atoms with Gasteiger partial charge in [0.2, 0.25) is 11.7 Å². The van der Waals surface area contributed by atoms with Crippen LogP contribution in [0.4, 0.5) is 0 Å². The summed E-state index contributed by atoms with van der Waals surface area (Å²) < 4.78 is 10.7. The van der Waals surface area contributed by atoms with Gasteiger partial charge in [0.1, 0.15) is 5.60 Å². The zero-order valence-electron chi connectivity index (χ0n) is 13.2. The number of hydrogen-bond donors (Lipinski definition) is 1. The molecule has 1 unspecified atom stereocenters. The second kappa shape index (κ2) is 6.01. The molecule has 0 aliphatic rings. The maximum absolute atomic E-state index is 5.36. The topological polar surface area (TPSA) is 60.2 Å². The molecule has 0 aliphatic carbocycles. The van der Waals surface area contributed by atoms with E-state index in [1.54, 1.807) is 7.11 Å². The molecule has 0 saturated heterocycles. The van der Waals surface area contributed by atoms with Crippen LogP contribution >= 0.6 is 0 Å². The molecule has 0 radical (unpaired) electrons. The summed E-state index contributed by atoms with van der Waals surface area (Å²) in [5.41, 5.74) is -0.376. The van der Waals surface area contributed by atoms with E-state index in [2.05, 4.69) is 43.2 Å². The van der Waals surface area contributed by atoms with Gasteiger partial charge in [-0.2, -0.15) is 4.98 Å². The minimum absolute atomic E-state index is 0.140. The van der Waals surface area contributed by atoms with E-state index in [4.69, 9.17) is 9.26 Å². The van der Waals surface area contributed by atoms with Gasteiger partial charge in [-0.15, -0.1) is 0 Å². The zero-order chi connectivity index (χ0) is 14.7. The summed E-state index contributed by atoms with van der Waals surface area (Å²) in [5, 5.41) is 7.49. The van der Waals surface area contributed by atoms with Crippen molar-refractivity contribution >= 4 is 0 Å². The predicted molar refractivity (Wildman–Crippen MR) is 75.0 cm³/mol. The third kappa shape index (κ3) is 4.28. The quantitative estimate of drug-likeness (QED) is 0.860. The van der Waals surface area contributed by atoms with Crippen LogP contribution in [0.5, 0.6) is 0 Å². The van der Waals surface area contributed by atoms with E-state index in [1.165, 1.54) is 0 Å². The first kappa shape index (κ1) is 16.1. The Morgan fingerprint density at radius 3 is 2.37 bits per heavy atom. The Labute approximate surface area is 116 Å². The summed E-state index contributed by atoms with van der Waals surface area (Å²) in [7, 11) is 1.65. The number of ether oxygens (including phenoxy) is 1. The van der Waals surface area contributed by atoms with Crippen molar-refractivity contribution in [2.24, 2.45) is 5.41 Å². The predicted octanol–water partition coefficient (Wildman–Crippen LogP) is 2.52. The number of likely N-dealkylation sites (N-methyl/N-ethyl adjacent to an activating group) is 1. The molecular weight excluding hydrogens is 242 g/mol. The average Bonchev–Trinajstić information content (AvgIpc) is 2.76. The molecule has 1 aromatic heterocycles. The number of nitrogens with one attached hydrogen (secondary N) is 1. The van der Waals surface area contributed by atoms with Crippen molar-refractivity contribution < 1.29 is 9.26 Å². The van der Waals surface area contributed by atoms with E-state index in [-0.39, 0.29) is 5.41 Å². The summed E-state index contributed by atoms with van der Waals surface area (Å²) in [6.07, 6.45) is 0.726. The lowest BCUT2D eigenvalue weighted by Gasteiger charge is -2.30. The lowest BCUT2D eigenvalue weighted by Crippen LogP contribution is -2.42. The zero-order valence-corrected chi connectivity index (χ0v) is 13.2. The van der Waals surface area contributed by atoms with Crippen molar-refractivity contribution in [3.63, 3.8) is 0 Å². The second-order valence-electron chi connectivity index (χ2n) is 6.41. The van der Waals surface area contributed by atoms with Crippen LogP contribution in [0.3, 0.4) is 0 Å². The molecule has 0 aliphatic heterocycles. The minimum Gasteiger partial charge on any atom is -0.371 e. The first-order valence-electron chi connectivity index (χ1n) is 6.82. The summed E-state index contributed by atoms with van der Waals surface area (Å²) in [4.78, 5) is 4.45. The molecule has 1 rings (SSSR count). The summed E-state index contributed by atoms with van der Waals surface area (Å²) in [6, 6.07) is 0.302. The van der Waals surface area contributed by atoms with E-state index in [1.807, 2.05) is 13.8 Å². The Balaban J connectivity index is 2.82. The lowest BCUT2D eigenvalue weighted by molar-refractivity contribution is 0.00973. The SMILES string of the molecule is CCNC(Cc1nc(C(C)(C)OC)no1)C(C)(C)C. The van der Waals surface area contributed by atoms with Gasteiger partial charge in [0, 0.05) is 19.6 Å². The Bertz CT molecular complexity index is 394. The first-order chi connectivity index (χ1) is 8.70. The largest absolute Gasteiger partial charge is 0.371 e. The Morgan fingerprint density at radius 1 is 1.26 bits per heavy atom. The number of aromatic nitrogens is 2. The molecule has 1 aromatic rings. The van der Waals surface area contributed by atoms with Gasteiger partial charge in [-0.05, 0) is 25.8 Å². The van der Waals surface area contributed by atoms with Crippen molar-refractivity contribution in [1.29, 1.82) is 0 Å². The number of methoxy groups -OCH3 is 1. The number of hydrogen-bond acceptors (Lipinski definition) is 5. The van der Waals surface area contributed by atoms with Gasteiger partial charge in [0.05, 0.1) is 0 Å². The summed E-state index contributed by atoms with van der Waals surface area (Å²) in [6.45, 7) is 13.5. The lowest BCUT2D eigenvalue weighted by atomic mass is 9.84. The molecule has 0 bridgehead atoms. The van der Waals surface area contributed by atoms with Crippen LogP contribution in [0.25, 0.3) is 0 Å². The van der Waals surface area contributed by atoms with Gasteiger partial charge in [0.15, 0.2) is 0 Å². The van der Waals surface area contributed by atoms with E-state index in [9.17, 15) is 0 Å². The highest BCUT2D eigenvalue weighted by atomic mass is 16.5.